The minimum atomic E-state index is -0.473. The number of hydrogen-bond acceptors (Lipinski definition) is 4. The third-order valence-corrected chi connectivity index (χ3v) is 4.58. The van der Waals surface area contributed by atoms with Crippen molar-refractivity contribution < 1.29 is 9.59 Å². The Hall–Kier alpha value is -2.66. The van der Waals surface area contributed by atoms with Crippen molar-refractivity contribution in [3.05, 3.63) is 63.7 Å². The number of ketones is 1. The summed E-state index contributed by atoms with van der Waals surface area (Å²) >= 11 is 5.85. The number of rotatable bonds is 5. The van der Waals surface area contributed by atoms with E-state index in [1.54, 1.807) is 31.3 Å². The summed E-state index contributed by atoms with van der Waals surface area (Å²) in [5.41, 5.74) is 3.35. The van der Waals surface area contributed by atoms with Gasteiger partial charge in [-0.25, -0.2) is 0 Å². The van der Waals surface area contributed by atoms with Gasteiger partial charge < -0.3 is 10.6 Å². The Morgan fingerprint density at radius 1 is 1.16 bits per heavy atom. The summed E-state index contributed by atoms with van der Waals surface area (Å²) in [7, 11) is 1.74. The van der Waals surface area contributed by atoms with E-state index in [0.29, 0.717) is 41.2 Å². The van der Waals surface area contributed by atoms with Crippen molar-refractivity contribution >= 4 is 34.7 Å². The largest absolute Gasteiger partial charge is 0.388 e. The van der Waals surface area contributed by atoms with Crippen LogP contribution in [0.5, 0.6) is 0 Å². The smallest absolute Gasteiger partial charge is 0.270 e. The first-order valence-electron chi connectivity index (χ1n) is 7.99. The third kappa shape index (κ3) is 3.42. The van der Waals surface area contributed by atoms with Crippen molar-refractivity contribution in [2.45, 2.75) is 19.4 Å². The number of fused-ring (bicyclic) bond motifs is 1. The predicted octanol–water partition coefficient (Wildman–Crippen LogP) is 3.19. The predicted molar refractivity (Wildman–Crippen MR) is 98.8 cm³/mol. The molecule has 5 nitrogen and oxygen atoms in total. The maximum atomic E-state index is 12.5. The van der Waals surface area contributed by atoms with Gasteiger partial charge in [-0.1, -0.05) is 23.7 Å². The van der Waals surface area contributed by atoms with Gasteiger partial charge >= 0.3 is 0 Å². The highest BCUT2D eigenvalue weighted by Gasteiger charge is 2.27. The molecule has 6 heteroatoms. The van der Waals surface area contributed by atoms with Crippen LogP contribution in [0.4, 0.5) is 5.69 Å². The molecule has 2 aromatic carbocycles. The molecule has 25 heavy (non-hydrogen) atoms. The number of carbonyl (C=O) groups excluding carboxylic acids is 2. The number of hydrogen-bond donors (Lipinski definition) is 3. The van der Waals surface area contributed by atoms with Gasteiger partial charge in [0.1, 0.15) is 5.71 Å². The van der Waals surface area contributed by atoms with Crippen LogP contribution in [0.3, 0.4) is 0 Å². The van der Waals surface area contributed by atoms with E-state index < -0.39 is 5.91 Å². The van der Waals surface area contributed by atoms with E-state index in [1.807, 2.05) is 12.1 Å². The maximum absolute atomic E-state index is 12.5. The Kier molecular flexibility index (Phi) is 4.86. The lowest BCUT2D eigenvalue weighted by molar-refractivity contribution is -0.114. The van der Waals surface area contributed by atoms with Gasteiger partial charge in [-0.05, 0) is 41.8 Å². The minimum absolute atomic E-state index is 0.0632. The van der Waals surface area contributed by atoms with Gasteiger partial charge in [0.2, 0.25) is 0 Å². The lowest BCUT2D eigenvalue weighted by Gasteiger charge is -2.15. The summed E-state index contributed by atoms with van der Waals surface area (Å²) in [6, 6.07) is 10.7. The summed E-state index contributed by atoms with van der Waals surface area (Å²) < 4.78 is 0. The molecule has 128 valence electrons. The first-order valence-corrected chi connectivity index (χ1v) is 8.37. The van der Waals surface area contributed by atoms with Crippen LogP contribution in [0.1, 0.15) is 33.5 Å². The number of halogens is 1. The standard InChI is InChI=1S/C19H18ClN3O2/c1-22-15-8-6-13-14(7-9-16(13)24)17(15)18(21)19(25)23-10-11-2-4-12(20)5-3-11/h2-6,8,21-22H,7,9-10H2,1H3,(H,23,25). The minimum Gasteiger partial charge on any atom is -0.388 e. The number of benzene rings is 2. The van der Waals surface area contributed by atoms with Crippen LogP contribution in [0.25, 0.3) is 0 Å². The quantitative estimate of drug-likeness (QED) is 0.720. The highest BCUT2D eigenvalue weighted by atomic mass is 35.5. The molecule has 0 heterocycles. The van der Waals surface area contributed by atoms with Gasteiger partial charge in [-0.15, -0.1) is 0 Å². The first-order chi connectivity index (χ1) is 12.0. The lowest BCUT2D eigenvalue weighted by atomic mass is 9.96. The molecule has 0 spiro atoms. The molecule has 0 atom stereocenters. The van der Waals surface area contributed by atoms with Crippen molar-refractivity contribution in [2.24, 2.45) is 0 Å². The van der Waals surface area contributed by atoms with Crippen LogP contribution in [-0.2, 0) is 17.8 Å². The number of anilines is 1. The number of Topliss-reactive ketones (excluding diaryl/α,β-unsaturated/α-hetero) is 1. The van der Waals surface area contributed by atoms with E-state index in [9.17, 15) is 9.59 Å². The highest BCUT2D eigenvalue weighted by Crippen LogP contribution is 2.31. The molecule has 1 amide bonds. The molecule has 3 N–H and O–H groups in total. The number of nitrogens with one attached hydrogen (secondary N) is 3. The van der Waals surface area contributed by atoms with Gasteiger partial charge in [-0.3, -0.25) is 15.0 Å². The molecular formula is C19H18ClN3O2. The van der Waals surface area contributed by atoms with E-state index in [-0.39, 0.29) is 11.5 Å². The van der Waals surface area contributed by atoms with Crippen LogP contribution in [-0.4, -0.2) is 24.4 Å². The van der Waals surface area contributed by atoms with Gasteiger partial charge in [-0.2, -0.15) is 0 Å². The summed E-state index contributed by atoms with van der Waals surface area (Å²) in [4.78, 5) is 24.4. The Balaban J connectivity index is 1.81. The highest BCUT2D eigenvalue weighted by molar-refractivity contribution is 6.45. The van der Waals surface area contributed by atoms with Crippen LogP contribution in [0.15, 0.2) is 36.4 Å². The third-order valence-electron chi connectivity index (χ3n) is 4.33. The van der Waals surface area contributed by atoms with Crippen molar-refractivity contribution in [3.63, 3.8) is 0 Å². The van der Waals surface area contributed by atoms with Crippen LogP contribution < -0.4 is 10.6 Å². The molecule has 0 aliphatic heterocycles. The van der Waals surface area contributed by atoms with Gasteiger partial charge in [0.15, 0.2) is 5.78 Å². The van der Waals surface area contributed by atoms with E-state index in [0.717, 1.165) is 11.1 Å². The first kappa shape index (κ1) is 17.2. The average molecular weight is 356 g/mol. The van der Waals surface area contributed by atoms with Crippen LogP contribution >= 0.6 is 11.6 Å². The molecule has 2 aromatic rings. The van der Waals surface area contributed by atoms with Crippen molar-refractivity contribution in [1.82, 2.24) is 5.32 Å². The molecule has 0 aromatic heterocycles. The lowest BCUT2D eigenvalue weighted by Crippen LogP contribution is -2.31. The zero-order valence-corrected chi connectivity index (χ0v) is 14.5. The normalized spacial score (nSPS) is 12.6. The van der Waals surface area contributed by atoms with E-state index in [2.05, 4.69) is 10.6 Å². The molecule has 0 fully saturated rings. The molecule has 3 rings (SSSR count). The fraction of sp³-hybridized carbons (Fsp3) is 0.211. The summed E-state index contributed by atoms with van der Waals surface area (Å²) in [5, 5.41) is 14.7. The maximum Gasteiger partial charge on any atom is 0.270 e. The second-order valence-electron chi connectivity index (χ2n) is 5.87. The Bertz CT molecular complexity index is 860. The molecule has 0 saturated carbocycles. The van der Waals surface area contributed by atoms with Gasteiger partial charge in [0, 0.05) is 41.9 Å². The van der Waals surface area contributed by atoms with Crippen molar-refractivity contribution in [1.29, 1.82) is 5.41 Å². The van der Waals surface area contributed by atoms with E-state index >= 15 is 0 Å². The molecular weight excluding hydrogens is 338 g/mol. The monoisotopic (exact) mass is 355 g/mol. The molecule has 1 aliphatic carbocycles. The van der Waals surface area contributed by atoms with Crippen LogP contribution in [0.2, 0.25) is 5.02 Å². The summed E-state index contributed by atoms with van der Waals surface area (Å²) in [5.74, 6) is -0.410. The topological polar surface area (TPSA) is 82.1 Å². The second-order valence-corrected chi connectivity index (χ2v) is 6.31. The van der Waals surface area contributed by atoms with Gasteiger partial charge in [0.05, 0.1) is 0 Å². The fourth-order valence-corrected chi connectivity index (χ4v) is 3.15. The molecule has 0 radical (unpaired) electrons. The average Bonchev–Trinajstić information content (AvgIpc) is 3.00. The molecule has 0 saturated heterocycles. The Labute approximate surface area is 150 Å². The zero-order chi connectivity index (χ0) is 18.0. The van der Waals surface area contributed by atoms with Crippen molar-refractivity contribution in [3.8, 4) is 0 Å². The SMILES string of the molecule is CNc1ccc2c(c1C(=N)C(=O)NCc1ccc(Cl)cc1)CCC2=O. The zero-order valence-electron chi connectivity index (χ0n) is 13.8. The van der Waals surface area contributed by atoms with Crippen molar-refractivity contribution in [2.75, 3.05) is 12.4 Å². The molecule has 0 bridgehead atoms. The van der Waals surface area contributed by atoms with Gasteiger partial charge in [0.25, 0.3) is 5.91 Å². The summed E-state index contributed by atoms with van der Waals surface area (Å²) in [6.45, 7) is 0.307. The summed E-state index contributed by atoms with van der Waals surface area (Å²) in [6.07, 6.45) is 0.987. The molecule has 1 aliphatic rings. The number of amides is 1. The van der Waals surface area contributed by atoms with E-state index in [4.69, 9.17) is 17.0 Å². The van der Waals surface area contributed by atoms with Crippen LogP contribution in [0, 0.1) is 5.41 Å². The second kappa shape index (κ2) is 7.07. The number of carbonyl (C=O) groups is 2. The fourth-order valence-electron chi connectivity index (χ4n) is 3.02. The molecule has 0 unspecified atom stereocenters. The Morgan fingerprint density at radius 2 is 1.88 bits per heavy atom. The van der Waals surface area contributed by atoms with E-state index in [1.165, 1.54) is 0 Å². The Morgan fingerprint density at radius 3 is 2.56 bits per heavy atom.